The van der Waals surface area contributed by atoms with Gasteiger partial charge in [-0.2, -0.15) is 0 Å². The summed E-state index contributed by atoms with van der Waals surface area (Å²) in [6.07, 6.45) is 8.75. The van der Waals surface area contributed by atoms with Crippen LogP contribution in [0.1, 0.15) is 38.5 Å². The van der Waals surface area contributed by atoms with E-state index in [0.29, 0.717) is 23.2 Å². The molecule has 1 N–H and O–H groups in total. The lowest BCUT2D eigenvalue weighted by molar-refractivity contribution is 0.0284. The number of nitrogens with one attached hydrogen (secondary N) is 1. The van der Waals surface area contributed by atoms with Crippen molar-refractivity contribution in [1.29, 1.82) is 0 Å². The predicted octanol–water partition coefficient (Wildman–Crippen LogP) is 4.00. The Morgan fingerprint density at radius 3 is 2.68 bits per heavy atom. The Balaban J connectivity index is 1.81. The Labute approximate surface area is 141 Å². The second kappa shape index (κ2) is 8.31. The molecule has 0 bridgehead atoms. The molecule has 0 saturated heterocycles. The van der Waals surface area contributed by atoms with Crippen molar-refractivity contribution >= 4 is 31.5 Å². The third kappa shape index (κ3) is 5.25. The summed E-state index contributed by atoms with van der Waals surface area (Å²) in [6, 6.07) is 5.20. The highest BCUT2D eigenvalue weighted by atomic mass is 79.9. The third-order valence-corrected chi connectivity index (χ3v) is 5.70. The molecule has 124 valence electrons. The largest absolute Gasteiger partial charge is 0.383 e. The molecule has 1 aliphatic carbocycles. The van der Waals surface area contributed by atoms with E-state index >= 15 is 0 Å². The Hall–Kier alpha value is -0.590. The van der Waals surface area contributed by atoms with E-state index in [1.54, 1.807) is 12.1 Å². The lowest BCUT2D eigenvalue weighted by atomic mass is 9.98. The highest BCUT2D eigenvalue weighted by molar-refractivity contribution is 9.10. The van der Waals surface area contributed by atoms with E-state index in [9.17, 15) is 8.42 Å². The van der Waals surface area contributed by atoms with Crippen LogP contribution in [0.5, 0.6) is 0 Å². The Bertz CT molecular complexity index is 583. The highest BCUT2D eigenvalue weighted by Crippen LogP contribution is 2.29. The fraction of sp³-hybridized carbons (Fsp3) is 0.625. The number of para-hydroxylation sites is 1. The topological polar surface area (TPSA) is 55.4 Å². The summed E-state index contributed by atoms with van der Waals surface area (Å²) in [5.41, 5.74) is 0.641. The van der Waals surface area contributed by atoms with Crippen LogP contribution in [-0.4, -0.2) is 33.9 Å². The van der Waals surface area contributed by atoms with E-state index in [0.717, 1.165) is 17.5 Å². The normalized spacial score (nSPS) is 16.6. The van der Waals surface area contributed by atoms with Gasteiger partial charge in [-0.1, -0.05) is 25.3 Å². The van der Waals surface area contributed by atoms with Crippen LogP contribution in [0.2, 0.25) is 0 Å². The molecule has 22 heavy (non-hydrogen) atoms. The zero-order valence-corrected chi connectivity index (χ0v) is 15.4. The molecule has 0 aromatic heterocycles. The molecule has 0 aliphatic heterocycles. The van der Waals surface area contributed by atoms with E-state index in [1.165, 1.54) is 38.4 Å². The maximum absolute atomic E-state index is 11.8. The molecule has 1 aromatic rings. The second-order valence-corrected chi connectivity index (χ2v) is 8.63. The molecule has 1 fully saturated rings. The van der Waals surface area contributed by atoms with Crippen molar-refractivity contribution in [2.45, 2.75) is 49.5 Å². The predicted molar refractivity (Wildman–Crippen MR) is 93.2 cm³/mol. The Morgan fingerprint density at radius 2 is 2.00 bits per heavy atom. The van der Waals surface area contributed by atoms with Gasteiger partial charge in [-0.15, -0.1) is 0 Å². The number of halogens is 1. The maximum atomic E-state index is 11.8. The van der Waals surface area contributed by atoms with E-state index in [4.69, 9.17) is 4.74 Å². The first-order chi connectivity index (χ1) is 10.5. The first kappa shape index (κ1) is 17.8. The van der Waals surface area contributed by atoms with E-state index in [-0.39, 0.29) is 0 Å². The Morgan fingerprint density at radius 1 is 1.27 bits per heavy atom. The monoisotopic (exact) mass is 389 g/mol. The van der Waals surface area contributed by atoms with Gasteiger partial charge in [-0.25, -0.2) is 8.42 Å². The fourth-order valence-electron chi connectivity index (χ4n) is 2.75. The molecule has 0 radical (unpaired) electrons. The Kier molecular flexibility index (Phi) is 6.71. The van der Waals surface area contributed by atoms with Crippen LogP contribution in [0.3, 0.4) is 0 Å². The average molecular weight is 390 g/mol. The molecular formula is C16H24BrNO3S. The summed E-state index contributed by atoms with van der Waals surface area (Å²) in [4.78, 5) is 0.329. The summed E-state index contributed by atoms with van der Waals surface area (Å²) in [5.74, 6) is 0. The van der Waals surface area contributed by atoms with E-state index < -0.39 is 9.84 Å². The van der Waals surface area contributed by atoms with Crippen LogP contribution >= 0.6 is 15.9 Å². The minimum atomic E-state index is -3.24. The number of hydrogen-bond acceptors (Lipinski definition) is 4. The first-order valence-electron chi connectivity index (χ1n) is 7.82. The summed E-state index contributed by atoms with van der Waals surface area (Å²) >= 11 is 3.41. The van der Waals surface area contributed by atoms with Crippen LogP contribution in [0.4, 0.5) is 5.69 Å². The van der Waals surface area contributed by atoms with Crippen molar-refractivity contribution in [3.8, 4) is 0 Å². The number of sulfone groups is 1. The number of anilines is 1. The quantitative estimate of drug-likeness (QED) is 0.715. The molecular weight excluding hydrogens is 366 g/mol. The average Bonchev–Trinajstić information content (AvgIpc) is 2.48. The van der Waals surface area contributed by atoms with Gasteiger partial charge in [0.05, 0.1) is 16.7 Å². The first-order valence-corrected chi connectivity index (χ1v) is 10.5. The van der Waals surface area contributed by atoms with Gasteiger partial charge in [-0.05, 0) is 47.3 Å². The van der Waals surface area contributed by atoms with Crippen LogP contribution in [0, 0.1) is 0 Å². The zero-order chi connectivity index (χ0) is 16.0. The number of hydrogen-bond donors (Lipinski definition) is 1. The molecule has 2 rings (SSSR count). The van der Waals surface area contributed by atoms with Crippen LogP contribution < -0.4 is 5.32 Å². The minimum Gasteiger partial charge on any atom is -0.383 e. The van der Waals surface area contributed by atoms with E-state index in [2.05, 4.69) is 21.2 Å². The van der Waals surface area contributed by atoms with Gasteiger partial charge in [-0.3, -0.25) is 0 Å². The third-order valence-electron chi connectivity index (χ3n) is 3.90. The molecule has 1 aliphatic rings. The molecule has 4 nitrogen and oxygen atoms in total. The van der Waals surface area contributed by atoms with E-state index in [1.807, 2.05) is 6.07 Å². The smallest absolute Gasteiger partial charge is 0.177 e. The van der Waals surface area contributed by atoms with Crippen LogP contribution in [-0.2, 0) is 14.6 Å². The molecule has 0 heterocycles. The molecule has 1 saturated carbocycles. The molecule has 0 amide bonds. The van der Waals surface area contributed by atoms with Gasteiger partial charge in [0, 0.05) is 23.9 Å². The van der Waals surface area contributed by atoms with Crippen molar-refractivity contribution in [2.75, 3.05) is 24.7 Å². The minimum absolute atomic E-state index is 0.329. The number of rotatable bonds is 7. The number of benzene rings is 1. The number of ether oxygens (including phenoxy) is 1. The van der Waals surface area contributed by atoms with Gasteiger partial charge in [0.2, 0.25) is 0 Å². The van der Waals surface area contributed by atoms with Crippen molar-refractivity contribution in [3.05, 3.63) is 22.7 Å². The van der Waals surface area contributed by atoms with Gasteiger partial charge in [0.15, 0.2) is 9.84 Å². The molecule has 0 atom stereocenters. The van der Waals surface area contributed by atoms with Gasteiger partial charge in [0.25, 0.3) is 0 Å². The summed E-state index contributed by atoms with van der Waals surface area (Å²) in [5, 5.41) is 3.22. The maximum Gasteiger partial charge on any atom is 0.177 e. The van der Waals surface area contributed by atoms with Crippen molar-refractivity contribution in [2.24, 2.45) is 0 Å². The van der Waals surface area contributed by atoms with Crippen LogP contribution in [0.25, 0.3) is 0 Å². The summed E-state index contributed by atoms with van der Waals surface area (Å²) in [7, 11) is -3.24. The lowest BCUT2D eigenvalue weighted by Gasteiger charge is -2.22. The molecule has 0 spiro atoms. The standard InChI is InChI=1S/C16H24BrNO3S/c1-22(19,20)15-10-5-9-14(17)16(15)18-11-6-12-21-13-7-3-2-4-8-13/h5,9-10,13,18H,2-4,6-8,11-12H2,1H3. The second-order valence-electron chi connectivity index (χ2n) is 5.80. The lowest BCUT2D eigenvalue weighted by Crippen LogP contribution is -2.18. The zero-order valence-electron chi connectivity index (χ0n) is 13.0. The molecule has 1 aromatic carbocycles. The summed E-state index contributed by atoms with van der Waals surface area (Å²) < 4.78 is 30.3. The van der Waals surface area contributed by atoms with Gasteiger partial charge < -0.3 is 10.1 Å². The van der Waals surface area contributed by atoms with Gasteiger partial charge in [0.1, 0.15) is 0 Å². The molecule has 6 heteroatoms. The summed E-state index contributed by atoms with van der Waals surface area (Å²) in [6.45, 7) is 1.41. The molecule has 0 unspecified atom stereocenters. The van der Waals surface area contributed by atoms with Crippen LogP contribution in [0.15, 0.2) is 27.6 Å². The highest BCUT2D eigenvalue weighted by Gasteiger charge is 2.16. The van der Waals surface area contributed by atoms with Crippen molar-refractivity contribution in [3.63, 3.8) is 0 Å². The fourth-order valence-corrected chi connectivity index (χ4v) is 4.27. The SMILES string of the molecule is CS(=O)(=O)c1cccc(Br)c1NCCCOC1CCCCC1. The van der Waals surface area contributed by atoms with Crippen molar-refractivity contribution in [1.82, 2.24) is 0 Å². The van der Waals surface area contributed by atoms with Crippen molar-refractivity contribution < 1.29 is 13.2 Å². The van der Waals surface area contributed by atoms with Gasteiger partial charge >= 0.3 is 0 Å².